The van der Waals surface area contributed by atoms with Crippen LogP contribution in [0.3, 0.4) is 0 Å². The first kappa shape index (κ1) is 22.2. The van der Waals surface area contributed by atoms with Crippen LogP contribution in [0, 0.1) is 10.5 Å². The van der Waals surface area contributed by atoms with E-state index < -0.39 is 18.5 Å². The van der Waals surface area contributed by atoms with Crippen molar-refractivity contribution in [1.29, 1.82) is 0 Å². The Morgan fingerprint density at radius 3 is 2.56 bits per heavy atom. The number of aryl methyl sites for hydroxylation is 1. The standard InChI is InChI=1S/C25H18ClIN2O3/c1-15-12-16(27)10-11-21(15)29-24(30)14-32-25(31)19-13-23(18-7-2-4-8-20(18)26)28-22-9-5-3-6-17(19)22/h2-13H,14H2,1H3,(H,29,30). The first-order valence-electron chi connectivity index (χ1n) is 9.80. The van der Waals surface area contributed by atoms with E-state index in [0.717, 1.165) is 9.13 Å². The average Bonchev–Trinajstić information content (AvgIpc) is 2.79. The number of rotatable bonds is 5. The molecule has 0 saturated carbocycles. The molecule has 3 aromatic carbocycles. The SMILES string of the molecule is Cc1cc(I)ccc1NC(=O)COC(=O)c1cc(-c2ccccc2Cl)nc2ccccc12. The fourth-order valence-corrected chi connectivity index (χ4v) is 4.19. The average molecular weight is 557 g/mol. The van der Waals surface area contributed by atoms with Crippen LogP contribution in [0.4, 0.5) is 5.69 Å². The van der Waals surface area contributed by atoms with Gasteiger partial charge in [-0.3, -0.25) is 4.79 Å². The summed E-state index contributed by atoms with van der Waals surface area (Å²) in [4.78, 5) is 29.9. The molecule has 0 spiro atoms. The number of halogens is 2. The van der Waals surface area contributed by atoms with E-state index >= 15 is 0 Å². The van der Waals surface area contributed by atoms with Gasteiger partial charge in [0.15, 0.2) is 6.61 Å². The normalized spacial score (nSPS) is 10.7. The zero-order valence-electron chi connectivity index (χ0n) is 17.1. The van der Waals surface area contributed by atoms with E-state index in [-0.39, 0.29) is 0 Å². The minimum absolute atomic E-state index is 0.323. The van der Waals surface area contributed by atoms with E-state index in [2.05, 4.69) is 32.9 Å². The molecule has 0 bridgehead atoms. The van der Waals surface area contributed by atoms with Crippen LogP contribution in [-0.2, 0) is 9.53 Å². The quantitative estimate of drug-likeness (QED) is 0.233. The number of benzene rings is 3. The number of esters is 1. The number of ether oxygens (including phenoxy) is 1. The van der Waals surface area contributed by atoms with E-state index in [9.17, 15) is 9.59 Å². The Morgan fingerprint density at radius 1 is 1.03 bits per heavy atom. The summed E-state index contributed by atoms with van der Waals surface area (Å²) in [5.41, 5.74) is 3.84. The highest BCUT2D eigenvalue weighted by atomic mass is 127. The van der Waals surface area contributed by atoms with E-state index in [0.29, 0.717) is 38.4 Å². The molecule has 4 aromatic rings. The first-order chi connectivity index (χ1) is 15.4. The number of hydrogen-bond acceptors (Lipinski definition) is 4. The number of nitrogens with one attached hydrogen (secondary N) is 1. The molecule has 1 heterocycles. The molecular formula is C25H18ClIN2O3. The van der Waals surface area contributed by atoms with Crippen LogP contribution in [0.25, 0.3) is 22.2 Å². The monoisotopic (exact) mass is 556 g/mol. The van der Waals surface area contributed by atoms with E-state index in [1.807, 2.05) is 61.5 Å². The third-order valence-electron chi connectivity index (χ3n) is 4.88. The second kappa shape index (κ2) is 9.67. The Morgan fingerprint density at radius 2 is 1.78 bits per heavy atom. The van der Waals surface area contributed by atoms with Gasteiger partial charge < -0.3 is 10.1 Å². The number of anilines is 1. The Labute approximate surface area is 203 Å². The number of fused-ring (bicyclic) bond motifs is 1. The molecule has 5 nitrogen and oxygen atoms in total. The number of aromatic nitrogens is 1. The molecule has 1 amide bonds. The van der Waals surface area contributed by atoms with Gasteiger partial charge in [-0.15, -0.1) is 0 Å². The highest BCUT2D eigenvalue weighted by Crippen LogP contribution is 2.30. The summed E-state index contributed by atoms with van der Waals surface area (Å²) < 4.78 is 6.41. The van der Waals surface area contributed by atoms with Gasteiger partial charge in [0, 0.05) is 25.2 Å². The molecule has 0 atom stereocenters. The van der Waals surface area contributed by atoms with Crippen LogP contribution in [0.2, 0.25) is 5.02 Å². The van der Waals surface area contributed by atoms with Gasteiger partial charge in [-0.2, -0.15) is 0 Å². The molecule has 4 rings (SSSR count). The molecule has 0 aliphatic carbocycles. The van der Waals surface area contributed by atoms with E-state index in [4.69, 9.17) is 16.3 Å². The van der Waals surface area contributed by atoms with Crippen molar-refractivity contribution < 1.29 is 14.3 Å². The topological polar surface area (TPSA) is 68.3 Å². The van der Waals surface area contributed by atoms with Gasteiger partial charge >= 0.3 is 5.97 Å². The molecule has 160 valence electrons. The summed E-state index contributed by atoms with van der Waals surface area (Å²) in [7, 11) is 0. The van der Waals surface area contributed by atoms with Gasteiger partial charge in [-0.05, 0) is 71.5 Å². The lowest BCUT2D eigenvalue weighted by Gasteiger charge is -2.12. The lowest BCUT2D eigenvalue weighted by molar-refractivity contribution is -0.119. The van der Waals surface area contributed by atoms with Crippen molar-refractivity contribution >= 4 is 62.7 Å². The van der Waals surface area contributed by atoms with Crippen molar-refractivity contribution in [2.24, 2.45) is 0 Å². The summed E-state index contributed by atoms with van der Waals surface area (Å²) >= 11 is 8.54. The number of nitrogens with zero attached hydrogens (tertiary/aromatic N) is 1. The van der Waals surface area contributed by atoms with Crippen LogP contribution >= 0.6 is 34.2 Å². The zero-order chi connectivity index (χ0) is 22.7. The number of carbonyl (C=O) groups is 2. The van der Waals surface area contributed by atoms with Crippen molar-refractivity contribution in [2.75, 3.05) is 11.9 Å². The summed E-state index contributed by atoms with van der Waals surface area (Å²) in [6.07, 6.45) is 0. The van der Waals surface area contributed by atoms with Crippen LogP contribution in [0.1, 0.15) is 15.9 Å². The summed E-state index contributed by atoms with van der Waals surface area (Å²) in [6.45, 7) is 1.51. The summed E-state index contributed by atoms with van der Waals surface area (Å²) in [6, 6.07) is 21.9. The van der Waals surface area contributed by atoms with Crippen molar-refractivity contribution in [1.82, 2.24) is 4.98 Å². The van der Waals surface area contributed by atoms with Crippen molar-refractivity contribution in [3.8, 4) is 11.3 Å². The molecule has 0 radical (unpaired) electrons. The van der Waals surface area contributed by atoms with Crippen LogP contribution < -0.4 is 5.32 Å². The second-order valence-corrected chi connectivity index (χ2v) is 8.79. The molecule has 0 aliphatic rings. The lowest BCUT2D eigenvalue weighted by atomic mass is 10.0. The van der Waals surface area contributed by atoms with Gasteiger partial charge in [0.2, 0.25) is 0 Å². The minimum atomic E-state index is -0.605. The summed E-state index contributed by atoms with van der Waals surface area (Å²) in [5.74, 6) is -1.02. The van der Waals surface area contributed by atoms with Gasteiger partial charge in [0.25, 0.3) is 5.91 Å². The van der Waals surface area contributed by atoms with Gasteiger partial charge in [0.1, 0.15) is 0 Å². The third-order valence-corrected chi connectivity index (χ3v) is 5.88. The molecule has 32 heavy (non-hydrogen) atoms. The molecule has 0 unspecified atom stereocenters. The molecule has 7 heteroatoms. The molecule has 0 saturated heterocycles. The smallest absolute Gasteiger partial charge is 0.339 e. The van der Waals surface area contributed by atoms with Gasteiger partial charge in [-0.1, -0.05) is 48.0 Å². The maximum atomic E-state index is 12.9. The Hall–Kier alpha value is -2.97. The Balaban J connectivity index is 1.57. The lowest BCUT2D eigenvalue weighted by Crippen LogP contribution is -2.21. The summed E-state index contributed by atoms with van der Waals surface area (Å²) in [5, 5.41) is 3.95. The van der Waals surface area contributed by atoms with Crippen molar-refractivity contribution in [3.05, 3.63) is 92.5 Å². The van der Waals surface area contributed by atoms with Crippen molar-refractivity contribution in [2.45, 2.75) is 6.92 Å². The fraction of sp³-hybridized carbons (Fsp3) is 0.0800. The Kier molecular flexibility index (Phi) is 6.72. The predicted octanol–water partition coefficient (Wildman–Crippen LogP) is 6.26. The molecule has 0 aliphatic heterocycles. The van der Waals surface area contributed by atoms with Crippen LogP contribution in [-0.4, -0.2) is 23.5 Å². The molecule has 1 N–H and O–H groups in total. The van der Waals surface area contributed by atoms with E-state index in [1.165, 1.54) is 0 Å². The van der Waals surface area contributed by atoms with Gasteiger partial charge in [-0.25, -0.2) is 9.78 Å². The number of carbonyl (C=O) groups excluding carboxylic acids is 2. The van der Waals surface area contributed by atoms with Gasteiger partial charge in [0.05, 0.1) is 16.8 Å². The largest absolute Gasteiger partial charge is 0.452 e. The number of hydrogen-bond donors (Lipinski definition) is 1. The number of para-hydroxylation sites is 1. The third kappa shape index (κ3) is 4.92. The van der Waals surface area contributed by atoms with Crippen LogP contribution in [0.15, 0.2) is 72.8 Å². The molecule has 1 aromatic heterocycles. The van der Waals surface area contributed by atoms with Crippen LogP contribution in [0.5, 0.6) is 0 Å². The maximum Gasteiger partial charge on any atom is 0.339 e. The highest BCUT2D eigenvalue weighted by Gasteiger charge is 2.17. The minimum Gasteiger partial charge on any atom is -0.452 e. The fourth-order valence-electron chi connectivity index (χ4n) is 3.31. The molecule has 0 fully saturated rings. The molecular weight excluding hydrogens is 539 g/mol. The number of amides is 1. The second-order valence-electron chi connectivity index (χ2n) is 7.14. The zero-order valence-corrected chi connectivity index (χ0v) is 20.0. The van der Waals surface area contributed by atoms with Crippen molar-refractivity contribution in [3.63, 3.8) is 0 Å². The highest BCUT2D eigenvalue weighted by molar-refractivity contribution is 14.1. The Bertz CT molecular complexity index is 1340. The van der Waals surface area contributed by atoms with E-state index in [1.54, 1.807) is 18.2 Å². The maximum absolute atomic E-state index is 12.9. The predicted molar refractivity (Wildman–Crippen MR) is 135 cm³/mol. The first-order valence-corrected chi connectivity index (χ1v) is 11.3. The number of pyridine rings is 1.